The molecule has 1 fully saturated rings. The van der Waals surface area contributed by atoms with Crippen molar-refractivity contribution in [1.82, 2.24) is 15.1 Å². The van der Waals surface area contributed by atoms with E-state index in [9.17, 15) is 0 Å². The number of aryl methyl sites for hydroxylation is 1. The molecule has 0 amide bonds. The molecule has 2 aromatic carbocycles. The predicted molar refractivity (Wildman–Crippen MR) is 117 cm³/mol. The van der Waals surface area contributed by atoms with Crippen molar-refractivity contribution in [3.05, 3.63) is 80.6 Å². The third-order valence-electron chi connectivity index (χ3n) is 5.31. The molecule has 28 heavy (non-hydrogen) atoms. The molecular weight excluding hydrogens is 413 g/mol. The lowest BCUT2D eigenvalue weighted by Crippen LogP contribution is -2.26. The summed E-state index contributed by atoms with van der Waals surface area (Å²) >= 11 is 19.0. The summed E-state index contributed by atoms with van der Waals surface area (Å²) in [5, 5.41) is 10.5. The van der Waals surface area contributed by atoms with Crippen LogP contribution < -0.4 is 5.32 Å². The van der Waals surface area contributed by atoms with Gasteiger partial charge in [0.1, 0.15) is 0 Å². The number of nitrogens with zero attached hydrogens (tertiary/aromatic N) is 2. The molecule has 0 atom stereocenters. The van der Waals surface area contributed by atoms with Gasteiger partial charge >= 0.3 is 0 Å². The van der Waals surface area contributed by atoms with Crippen molar-refractivity contribution in [3.63, 3.8) is 0 Å². The molecule has 0 radical (unpaired) electrons. The first-order valence-corrected chi connectivity index (χ1v) is 10.7. The van der Waals surface area contributed by atoms with Crippen LogP contribution in [-0.4, -0.2) is 22.9 Å². The van der Waals surface area contributed by atoms with Crippen molar-refractivity contribution in [2.45, 2.75) is 31.6 Å². The van der Waals surface area contributed by atoms with E-state index in [1.54, 1.807) is 0 Å². The molecule has 6 heteroatoms. The molecule has 0 bridgehead atoms. The Balaban J connectivity index is 1.66. The molecule has 0 spiro atoms. The van der Waals surface area contributed by atoms with Crippen molar-refractivity contribution in [2.24, 2.45) is 0 Å². The van der Waals surface area contributed by atoms with Crippen LogP contribution in [0.5, 0.6) is 0 Å². The van der Waals surface area contributed by atoms with Gasteiger partial charge in [-0.3, -0.25) is 0 Å². The largest absolute Gasteiger partial charge is 0.317 e. The van der Waals surface area contributed by atoms with E-state index < -0.39 is 0 Å². The lowest BCUT2D eigenvalue weighted by atomic mass is 9.94. The molecule has 1 aliphatic rings. The van der Waals surface area contributed by atoms with Crippen LogP contribution >= 0.6 is 34.8 Å². The Morgan fingerprint density at radius 1 is 0.929 bits per heavy atom. The smallest absolute Gasteiger partial charge is 0.0663 e. The molecule has 146 valence electrons. The third-order valence-corrected chi connectivity index (χ3v) is 6.25. The number of halogens is 3. The van der Waals surface area contributed by atoms with Gasteiger partial charge in [-0.25, -0.2) is 4.68 Å². The Bertz CT molecular complexity index is 941. The van der Waals surface area contributed by atoms with Gasteiger partial charge in [-0.15, -0.1) is 0 Å². The molecule has 1 aromatic heterocycles. The average Bonchev–Trinajstić information content (AvgIpc) is 3.13. The number of hydrogen-bond acceptors (Lipinski definition) is 2. The highest BCUT2D eigenvalue weighted by atomic mass is 35.5. The standard InChI is InChI=1S/C22H22Cl3N3/c23-16-3-1-4-17(13-16)28-18(7-8-19-20(24)5-2-6-21(19)25)14-22(27-28)15-9-11-26-12-10-15/h1-6,13-15,26H,7-12H2. The van der Waals surface area contributed by atoms with E-state index in [4.69, 9.17) is 39.9 Å². The molecule has 0 saturated carbocycles. The number of rotatable bonds is 5. The summed E-state index contributed by atoms with van der Waals surface area (Å²) in [6.07, 6.45) is 3.79. The zero-order chi connectivity index (χ0) is 19.5. The van der Waals surface area contributed by atoms with Gasteiger partial charge in [0.05, 0.1) is 11.4 Å². The molecule has 3 aromatic rings. The van der Waals surface area contributed by atoms with E-state index in [-0.39, 0.29) is 0 Å². The second kappa shape index (κ2) is 8.87. The second-order valence-corrected chi connectivity index (χ2v) is 8.43. The van der Waals surface area contributed by atoms with E-state index in [0.29, 0.717) is 21.0 Å². The predicted octanol–water partition coefficient (Wildman–Crippen LogP) is 6.08. The van der Waals surface area contributed by atoms with E-state index in [1.807, 2.05) is 47.1 Å². The summed E-state index contributed by atoms with van der Waals surface area (Å²) in [7, 11) is 0. The number of nitrogens with one attached hydrogen (secondary N) is 1. The SMILES string of the molecule is Clc1cccc(-n2nc(C3CCNCC3)cc2CCc2c(Cl)cccc2Cl)c1. The van der Waals surface area contributed by atoms with Crippen molar-refractivity contribution < 1.29 is 0 Å². The van der Waals surface area contributed by atoms with Crippen molar-refractivity contribution in [1.29, 1.82) is 0 Å². The van der Waals surface area contributed by atoms with Gasteiger partial charge in [0.15, 0.2) is 0 Å². The first-order chi connectivity index (χ1) is 13.6. The maximum atomic E-state index is 6.37. The van der Waals surface area contributed by atoms with Crippen molar-refractivity contribution in [3.8, 4) is 5.69 Å². The average molecular weight is 435 g/mol. The van der Waals surface area contributed by atoms with Crippen LogP contribution in [0.2, 0.25) is 15.1 Å². The maximum absolute atomic E-state index is 6.37. The van der Waals surface area contributed by atoms with Crippen LogP contribution in [0.3, 0.4) is 0 Å². The highest BCUT2D eigenvalue weighted by Crippen LogP contribution is 2.29. The number of piperidine rings is 1. The molecule has 1 aliphatic heterocycles. The van der Waals surface area contributed by atoms with Crippen LogP contribution in [0.15, 0.2) is 48.5 Å². The summed E-state index contributed by atoms with van der Waals surface area (Å²) in [4.78, 5) is 0. The minimum Gasteiger partial charge on any atom is -0.317 e. The van der Waals surface area contributed by atoms with E-state index >= 15 is 0 Å². The van der Waals surface area contributed by atoms with E-state index in [0.717, 1.165) is 61.4 Å². The highest BCUT2D eigenvalue weighted by Gasteiger charge is 2.21. The van der Waals surface area contributed by atoms with Gasteiger partial charge in [-0.1, -0.05) is 46.9 Å². The molecular formula is C22H22Cl3N3. The molecule has 1 N–H and O–H groups in total. The van der Waals surface area contributed by atoms with E-state index in [1.165, 1.54) is 0 Å². The first-order valence-electron chi connectivity index (χ1n) is 9.60. The van der Waals surface area contributed by atoms with Gasteiger partial charge < -0.3 is 5.32 Å². The number of hydrogen-bond donors (Lipinski definition) is 1. The van der Waals surface area contributed by atoms with E-state index in [2.05, 4.69) is 11.4 Å². The fourth-order valence-electron chi connectivity index (χ4n) is 3.79. The van der Waals surface area contributed by atoms with Crippen molar-refractivity contribution >= 4 is 34.8 Å². The zero-order valence-electron chi connectivity index (χ0n) is 15.5. The first kappa shape index (κ1) is 19.8. The van der Waals surface area contributed by atoms with Crippen LogP contribution in [0.25, 0.3) is 5.69 Å². The fourth-order valence-corrected chi connectivity index (χ4v) is 4.56. The summed E-state index contributed by atoms with van der Waals surface area (Å²) in [6.45, 7) is 2.08. The molecule has 1 saturated heterocycles. The third kappa shape index (κ3) is 4.38. The minimum absolute atomic E-state index is 0.490. The van der Waals surface area contributed by atoms with Gasteiger partial charge in [-0.05, 0) is 80.7 Å². The van der Waals surface area contributed by atoms with Gasteiger partial charge in [0.25, 0.3) is 0 Å². The number of aromatic nitrogens is 2. The Labute approximate surface area is 180 Å². The Hall–Kier alpha value is -1.52. The summed E-state index contributed by atoms with van der Waals surface area (Å²) in [5.41, 5.74) is 4.26. The maximum Gasteiger partial charge on any atom is 0.0663 e. The van der Waals surface area contributed by atoms with Gasteiger partial charge in [0, 0.05) is 26.7 Å². The molecule has 4 rings (SSSR count). The summed E-state index contributed by atoms with van der Waals surface area (Å²) in [5.74, 6) is 0.490. The topological polar surface area (TPSA) is 29.9 Å². The van der Waals surface area contributed by atoms with Crippen LogP contribution in [-0.2, 0) is 12.8 Å². The molecule has 2 heterocycles. The fraction of sp³-hybridized carbons (Fsp3) is 0.318. The summed E-state index contributed by atoms with van der Waals surface area (Å²) in [6, 6.07) is 15.7. The minimum atomic E-state index is 0.490. The van der Waals surface area contributed by atoms with Crippen molar-refractivity contribution in [2.75, 3.05) is 13.1 Å². The van der Waals surface area contributed by atoms with Crippen LogP contribution in [0.1, 0.15) is 35.7 Å². The second-order valence-electron chi connectivity index (χ2n) is 7.18. The zero-order valence-corrected chi connectivity index (χ0v) is 17.7. The van der Waals surface area contributed by atoms with Gasteiger partial charge in [0.2, 0.25) is 0 Å². The Morgan fingerprint density at radius 3 is 2.36 bits per heavy atom. The lowest BCUT2D eigenvalue weighted by molar-refractivity contribution is 0.451. The Kier molecular flexibility index (Phi) is 6.27. The number of benzene rings is 2. The monoisotopic (exact) mass is 433 g/mol. The lowest BCUT2D eigenvalue weighted by Gasteiger charge is -2.20. The quantitative estimate of drug-likeness (QED) is 0.527. The Morgan fingerprint density at radius 2 is 1.64 bits per heavy atom. The van der Waals surface area contributed by atoms with Gasteiger partial charge in [-0.2, -0.15) is 5.10 Å². The molecule has 0 unspecified atom stereocenters. The highest BCUT2D eigenvalue weighted by molar-refractivity contribution is 6.36. The normalized spacial score (nSPS) is 15.1. The van der Waals surface area contributed by atoms with Crippen LogP contribution in [0.4, 0.5) is 0 Å². The molecule has 0 aliphatic carbocycles. The molecule has 3 nitrogen and oxygen atoms in total. The summed E-state index contributed by atoms with van der Waals surface area (Å²) < 4.78 is 2.02. The van der Waals surface area contributed by atoms with Crippen LogP contribution in [0, 0.1) is 0 Å².